The van der Waals surface area contributed by atoms with Gasteiger partial charge in [-0.05, 0) is 23.3 Å². The summed E-state index contributed by atoms with van der Waals surface area (Å²) in [5.41, 5.74) is 2.43. The third kappa shape index (κ3) is 2.59. The molecule has 1 nitrogen and oxygen atoms in total. The zero-order chi connectivity index (χ0) is 13.1. The molecule has 0 saturated carbocycles. The van der Waals surface area contributed by atoms with E-state index in [1.807, 2.05) is 19.1 Å². The van der Waals surface area contributed by atoms with E-state index in [1.165, 1.54) is 6.07 Å². The molecule has 0 atom stereocenters. The maximum absolute atomic E-state index is 13.1. The first-order chi connectivity index (χ1) is 8.61. The van der Waals surface area contributed by atoms with E-state index in [2.05, 4.69) is 0 Å². The van der Waals surface area contributed by atoms with Crippen molar-refractivity contribution in [3.63, 3.8) is 0 Å². The van der Waals surface area contributed by atoms with Crippen molar-refractivity contribution in [3.8, 4) is 11.1 Å². The van der Waals surface area contributed by atoms with Crippen LogP contribution in [0.2, 0.25) is 5.02 Å². The minimum atomic E-state index is -0.432. The molecule has 0 aromatic heterocycles. The molecule has 0 bridgehead atoms. The van der Waals surface area contributed by atoms with Crippen molar-refractivity contribution in [1.82, 2.24) is 0 Å². The Morgan fingerprint density at radius 3 is 2.28 bits per heavy atom. The molecule has 92 valence electrons. The van der Waals surface area contributed by atoms with Gasteiger partial charge in [-0.25, -0.2) is 4.39 Å². The molecule has 2 rings (SSSR count). The molecule has 0 saturated heterocycles. The van der Waals surface area contributed by atoms with Crippen LogP contribution in [0.15, 0.2) is 42.5 Å². The highest BCUT2D eigenvalue weighted by Crippen LogP contribution is 2.25. The monoisotopic (exact) mass is 262 g/mol. The van der Waals surface area contributed by atoms with Crippen LogP contribution in [0, 0.1) is 5.82 Å². The van der Waals surface area contributed by atoms with Crippen LogP contribution in [-0.2, 0) is 0 Å². The average molecular weight is 263 g/mol. The largest absolute Gasteiger partial charge is 0.294 e. The lowest BCUT2D eigenvalue weighted by molar-refractivity contribution is 0.0988. The molecule has 0 fully saturated rings. The summed E-state index contributed by atoms with van der Waals surface area (Å²) in [5.74, 6) is -0.322. The number of Topliss-reactive ketones (excluding diaryl/α,β-unsaturated/α-hetero) is 1. The predicted molar refractivity (Wildman–Crippen MR) is 71.5 cm³/mol. The summed E-state index contributed by atoms with van der Waals surface area (Å²) in [6.07, 6.45) is 0.488. The Bertz CT molecular complexity index is 576. The molecule has 0 unspecified atom stereocenters. The van der Waals surface area contributed by atoms with Crippen molar-refractivity contribution in [2.24, 2.45) is 0 Å². The van der Waals surface area contributed by atoms with Crippen LogP contribution >= 0.6 is 11.6 Å². The predicted octanol–water partition coefficient (Wildman–Crippen LogP) is 4.74. The van der Waals surface area contributed by atoms with Crippen molar-refractivity contribution in [1.29, 1.82) is 0 Å². The third-order valence-corrected chi connectivity index (χ3v) is 3.07. The fourth-order valence-corrected chi connectivity index (χ4v) is 1.91. The number of hydrogen-bond acceptors (Lipinski definition) is 1. The van der Waals surface area contributed by atoms with Gasteiger partial charge in [0.2, 0.25) is 0 Å². The zero-order valence-corrected chi connectivity index (χ0v) is 10.7. The molecule has 0 aliphatic heterocycles. The van der Waals surface area contributed by atoms with Crippen molar-refractivity contribution < 1.29 is 9.18 Å². The van der Waals surface area contributed by atoms with Crippen molar-refractivity contribution in [3.05, 3.63) is 58.9 Å². The number of carbonyl (C=O) groups excluding carboxylic acids is 1. The second-order valence-electron chi connectivity index (χ2n) is 3.98. The standard InChI is InChI=1S/C15H12ClFO/c1-2-15(18)11-5-3-10(4-6-11)12-7-8-14(17)13(16)9-12/h3-9H,2H2,1H3. The summed E-state index contributed by atoms with van der Waals surface area (Å²) in [6, 6.07) is 11.8. The Morgan fingerprint density at radius 2 is 1.72 bits per heavy atom. The Kier molecular flexibility index (Phi) is 3.78. The van der Waals surface area contributed by atoms with Gasteiger partial charge in [0.25, 0.3) is 0 Å². The maximum Gasteiger partial charge on any atom is 0.162 e. The van der Waals surface area contributed by atoms with E-state index in [1.54, 1.807) is 24.3 Å². The second-order valence-corrected chi connectivity index (χ2v) is 4.39. The topological polar surface area (TPSA) is 17.1 Å². The fraction of sp³-hybridized carbons (Fsp3) is 0.133. The molecule has 0 radical (unpaired) electrons. The van der Waals surface area contributed by atoms with Crippen LogP contribution in [0.1, 0.15) is 23.7 Å². The van der Waals surface area contributed by atoms with Gasteiger partial charge in [-0.15, -0.1) is 0 Å². The van der Waals surface area contributed by atoms with Gasteiger partial charge in [-0.2, -0.15) is 0 Å². The van der Waals surface area contributed by atoms with E-state index < -0.39 is 5.82 Å². The van der Waals surface area contributed by atoms with Gasteiger partial charge in [-0.3, -0.25) is 4.79 Å². The quantitative estimate of drug-likeness (QED) is 0.730. The summed E-state index contributed by atoms with van der Waals surface area (Å²) in [5, 5.41) is 0.0983. The van der Waals surface area contributed by atoms with Gasteiger partial charge in [0.15, 0.2) is 5.78 Å². The lowest BCUT2D eigenvalue weighted by Gasteiger charge is -2.04. The molecular formula is C15H12ClFO. The Morgan fingerprint density at radius 1 is 1.11 bits per heavy atom. The van der Waals surface area contributed by atoms with Gasteiger partial charge in [0.05, 0.1) is 5.02 Å². The maximum atomic E-state index is 13.1. The Labute approximate surface area is 110 Å². The molecule has 0 aliphatic rings. The van der Waals surface area contributed by atoms with Crippen LogP contribution in [0.25, 0.3) is 11.1 Å². The highest BCUT2D eigenvalue weighted by Gasteiger charge is 2.05. The number of carbonyl (C=O) groups is 1. The molecule has 0 spiro atoms. The van der Waals surface area contributed by atoms with E-state index in [4.69, 9.17) is 11.6 Å². The first kappa shape index (κ1) is 12.8. The van der Waals surface area contributed by atoms with Crippen LogP contribution < -0.4 is 0 Å². The first-order valence-corrected chi connectivity index (χ1v) is 6.08. The Hall–Kier alpha value is -1.67. The number of halogens is 2. The van der Waals surface area contributed by atoms with Crippen molar-refractivity contribution >= 4 is 17.4 Å². The van der Waals surface area contributed by atoms with Crippen LogP contribution in [0.4, 0.5) is 4.39 Å². The summed E-state index contributed by atoms with van der Waals surface area (Å²) < 4.78 is 13.1. The molecule has 2 aromatic carbocycles. The van der Waals surface area contributed by atoms with Crippen molar-refractivity contribution in [2.75, 3.05) is 0 Å². The number of hydrogen-bond donors (Lipinski definition) is 0. The minimum absolute atomic E-state index is 0.0983. The highest BCUT2D eigenvalue weighted by atomic mass is 35.5. The van der Waals surface area contributed by atoms with E-state index in [-0.39, 0.29) is 10.8 Å². The van der Waals surface area contributed by atoms with Gasteiger partial charge >= 0.3 is 0 Å². The SMILES string of the molecule is CCC(=O)c1ccc(-c2ccc(F)c(Cl)c2)cc1. The van der Waals surface area contributed by atoms with Gasteiger partial charge in [0.1, 0.15) is 5.82 Å². The summed E-state index contributed by atoms with van der Waals surface area (Å²) >= 11 is 5.74. The molecule has 0 N–H and O–H groups in total. The number of rotatable bonds is 3. The number of ketones is 1. The minimum Gasteiger partial charge on any atom is -0.294 e. The Balaban J connectivity index is 2.34. The number of benzene rings is 2. The van der Waals surface area contributed by atoms with Gasteiger partial charge in [0, 0.05) is 12.0 Å². The molecule has 18 heavy (non-hydrogen) atoms. The molecule has 0 aliphatic carbocycles. The second kappa shape index (κ2) is 5.32. The summed E-state index contributed by atoms with van der Waals surface area (Å²) in [4.78, 5) is 11.5. The highest BCUT2D eigenvalue weighted by molar-refractivity contribution is 6.31. The molecule has 3 heteroatoms. The lowest BCUT2D eigenvalue weighted by atomic mass is 10.0. The third-order valence-electron chi connectivity index (χ3n) is 2.78. The van der Waals surface area contributed by atoms with E-state index in [0.29, 0.717) is 12.0 Å². The smallest absolute Gasteiger partial charge is 0.162 e. The van der Waals surface area contributed by atoms with Crippen LogP contribution in [-0.4, -0.2) is 5.78 Å². The zero-order valence-electron chi connectivity index (χ0n) is 9.91. The summed E-state index contributed by atoms with van der Waals surface area (Å²) in [7, 11) is 0. The van der Waals surface area contributed by atoms with Gasteiger partial charge in [-0.1, -0.05) is 48.9 Å². The van der Waals surface area contributed by atoms with Gasteiger partial charge < -0.3 is 0 Å². The van der Waals surface area contributed by atoms with E-state index >= 15 is 0 Å². The van der Waals surface area contributed by atoms with Crippen molar-refractivity contribution in [2.45, 2.75) is 13.3 Å². The lowest BCUT2D eigenvalue weighted by Crippen LogP contribution is -1.95. The van der Waals surface area contributed by atoms with E-state index in [0.717, 1.165) is 11.1 Å². The summed E-state index contributed by atoms with van der Waals surface area (Å²) in [6.45, 7) is 1.83. The molecule has 0 heterocycles. The molecule has 0 amide bonds. The molecule has 2 aromatic rings. The van der Waals surface area contributed by atoms with Crippen LogP contribution in [0.5, 0.6) is 0 Å². The first-order valence-electron chi connectivity index (χ1n) is 5.70. The normalized spacial score (nSPS) is 10.4. The average Bonchev–Trinajstić information content (AvgIpc) is 2.41. The van der Waals surface area contributed by atoms with E-state index in [9.17, 15) is 9.18 Å². The molecular weight excluding hydrogens is 251 g/mol. The van der Waals surface area contributed by atoms with Crippen LogP contribution in [0.3, 0.4) is 0 Å². The fourth-order valence-electron chi connectivity index (χ4n) is 1.73.